The average Bonchev–Trinajstić information content (AvgIpc) is 3.33. The number of aryl methyl sites for hydroxylation is 2. The Morgan fingerprint density at radius 1 is 0.788 bits per heavy atom. The molecule has 1 atom stereocenters. The molecule has 168 valence electrons. The van der Waals surface area contributed by atoms with Gasteiger partial charge in [0, 0.05) is 32.7 Å². The predicted molar refractivity (Wildman–Crippen MR) is 126 cm³/mol. The summed E-state index contributed by atoms with van der Waals surface area (Å²) in [7, 11) is 0. The Kier molecular flexibility index (Phi) is 6.39. The van der Waals surface area contributed by atoms with Crippen molar-refractivity contribution in [1.29, 1.82) is 0 Å². The van der Waals surface area contributed by atoms with Gasteiger partial charge in [0.2, 0.25) is 0 Å². The van der Waals surface area contributed by atoms with E-state index in [1.165, 1.54) is 11.6 Å². The van der Waals surface area contributed by atoms with E-state index in [9.17, 15) is 4.39 Å². The van der Waals surface area contributed by atoms with Gasteiger partial charge in [0.05, 0.1) is 11.7 Å². The van der Waals surface area contributed by atoms with E-state index in [1.54, 1.807) is 6.07 Å². The number of aromatic nitrogens is 4. The van der Waals surface area contributed by atoms with Crippen molar-refractivity contribution in [2.75, 3.05) is 31.1 Å². The third-order valence-corrected chi connectivity index (χ3v) is 6.25. The highest BCUT2D eigenvalue weighted by atomic mass is 19.1. The van der Waals surface area contributed by atoms with Crippen LogP contribution in [-0.4, -0.2) is 51.3 Å². The standard InChI is InChI=1S/C26H27FN6/c27-23-13-7-8-14-24(23)31-17-19-32(20-18-31)25(22-11-5-2-6-12-22)26-28-29-30-33(26)16-15-21-9-3-1-4-10-21/h1-14,25H,15-20H2/t25-/m1/s1. The van der Waals surface area contributed by atoms with Crippen LogP contribution in [0.5, 0.6) is 0 Å². The van der Waals surface area contributed by atoms with Gasteiger partial charge in [0.1, 0.15) is 5.82 Å². The Hall–Kier alpha value is -3.58. The number of anilines is 1. The zero-order valence-electron chi connectivity index (χ0n) is 18.5. The summed E-state index contributed by atoms with van der Waals surface area (Å²) in [6.07, 6.45) is 0.863. The van der Waals surface area contributed by atoms with Crippen LogP contribution in [0.1, 0.15) is 23.0 Å². The summed E-state index contributed by atoms with van der Waals surface area (Å²) in [5.74, 6) is 0.673. The number of piperazine rings is 1. The first-order valence-corrected chi connectivity index (χ1v) is 11.4. The van der Waals surface area contributed by atoms with Crippen molar-refractivity contribution in [3.8, 4) is 0 Å². The summed E-state index contributed by atoms with van der Waals surface area (Å²) in [6.45, 7) is 3.79. The Morgan fingerprint density at radius 2 is 1.45 bits per heavy atom. The van der Waals surface area contributed by atoms with Crippen LogP contribution in [0, 0.1) is 5.82 Å². The van der Waals surface area contributed by atoms with Gasteiger partial charge < -0.3 is 4.90 Å². The molecule has 0 aliphatic carbocycles. The van der Waals surface area contributed by atoms with Crippen LogP contribution in [0.25, 0.3) is 0 Å². The van der Waals surface area contributed by atoms with E-state index in [4.69, 9.17) is 0 Å². The molecule has 0 bridgehead atoms. The molecule has 0 unspecified atom stereocenters. The highest BCUT2D eigenvalue weighted by molar-refractivity contribution is 5.48. The van der Waals surface area contributed by atoms with E-state index in [2.05, 4.69) is 73.9 Å². The van der Waals surface area contributed by atoms with Crippen molar-refractivity contribution in [2.24, 2.45) is 0 Å². The van der Waals surface area contributed by atoms with E-state index in [-0.39, 0.29) is 11.9 Å². The Bertz CT molecular complexity index is 1160. The second-order valence-electron chi connectivity index (χ2n) is 8.28. The SMILES string of the molecule is Fc1ccccc1N1CCN([C@H](c2ccccc2)c2nnnn2CCc2ccccc2)CC1. The van der Waals surface area contributed by atoms with Crippen molar-refractivity contribution in [3.05, 3.63) is 108 Å². The Labute approximate surface area is 193 Å². The normalized spacial score (nSPS) is 15.5. The lowest BCUT2D eigenvalue weighted by Crippen LogP contribution is -2.48. The molecule has 1 fully saturated rings. The maximum Gasteiger partial charge on any atom is 0.173 e. The topological polar surface area (TPSA) is 50.1 Å². The number of tetrazole rings is 1. The fourth-order valence-electron chi connectivity index (χ4n) is 4.53. The van der Waals surface area contributed by atoms with Gasteiger partial charge in [-0.25, -0.2) is 9.07 Å². The van der Waals surface area contributed by atoms with E-state index in [0.29, 0.717) is 12.2 Å². The first-order valence-electron chi connectivity index (χ1n) is 11.4. The quantitative estimate of drug-likeness (QED) is 0.434. The first-order chi connectivity index (χ1) is 16.3. The zero-order chi connectivity index (χ0) is 22.5. The number of nitrogens with zero attached hydrogens (tertiary/aromatic N) is 6. The van der Waals surface area contributed by atoms with E-state index < -0.39 is 0 Å². The van der Waals surface area contributed by atoms with Crippen LogP contribution in [-0.2, 0) is 13.0 Å². The van der Waals surface area contributed by atoms with Crippen molar-refractivity contribution < 1.29 is 4.39 Å². The van der Waals surface area contributed by atoms with Crippen LogP contribution in [0.15, 0.2) is 84.9 Å². The molecule has 2 heterocycles. The van der Waals surface area contributed by atoms with Crippen LogP contribution in [0.3, 0.4) is 0 Å². The van der Waals surface area contributed by atoms with Gasteiger partial charge >= 0.3 is 0 Å². The first kappa shape index (κ1) is 21.3. The third kappa shape index (κ3) is 4.78. The molecule has 1 aliphatic rings. The summed E-state index contributed by atoms with van der Waals surface area (Å²) < 4.78 is 16.2. The van der Waals surface area contributed by atoms with Crippen LogP contribution in [0.2, 0.25) is 0 Å². The minimum Gasteiger partial charge on any atom is -0.367 e. The highest BCUT2D eigenvalue weighted by Gasteiger charge is 2.31. The number of hydrogen-bond donors (Lipinski definition) is 0. The maximum atomic E-state index is 14.3. The van der Waals surface area contributed by atoms with Gasteiger partial charge in [-0.3, -0.25) is 4.90 Å². The van der Waals surface area contributed by atoms with Crippen molar-refractivity contribution in [1.82, 2.24) is 25.1 Å². The van der Waals surface area contributed by atoms with Crippen molar-refractivity contribution in [2.45, 2.75) is 19.0 Å². The molecule has 0 spiro atoms. The monoisotopic (exact) mass is 442 g/mol. The van der Waals surface area contributed by atoms with Crippen LogP contribution >= 0.6 is 0 Å². The van der Waals surface area contributed by atoms with Gasteiger partial charge in [0.25, 0.3) is 0 Å². The summed E-state index contributed by atoms with van der Waals surface area (Å²) in [5.41, 5.74) is 3.09. The molecule has 1 aliphatic heterocycles. The van der Waals surface area contributed by atoms with Crippen molar-refractivity contribution in [3.63, 3.8) is 0 Å². The molecule has 5 rings (SSSR count). The van der Waals surface area contributed by atoms with Crippen LogP contribution < -0.4 is 4.90 Å². The molecule has 6 nitrogen and oxygen atoms in total. The summed E-state index contributed by atoms with van der Waals surface area (Å²) in [5, 5.41) is 12.8. The number of benzene rings is 3. The van der Waals surface area contributed by atoms with E-state index >= 15 is 0 Å². The summed E-state index contributed by atoms with van der Waals surface area (Å²) >= 11 is 0. The predicted octanol–water partition coefficient (Wildman–Crippen LogP) is 3.97. The zero-order valence-corrected chi connectivity index (χ0v) is 18.5. The van der Waals surface area contributed by atoms with E-state index in [1.807, 2.05) is 28.9 Å². The Morgan fingerprint density at radius 3 is 2.18 bits per heavy atom. The maximum absolute atomic E-state index is 14.3. The van der Waals surface area contributed by atoms with Crippen molar-refractivity contribution >= 4 is 5.69 Å². The minimum atomic E-state index is -0.171. The van der Waals surface area contributed by atoms with Crippen LogP contribution in [0.4, 0.5) is 10.1 Å². The molecule has 0 saturated carbocycles. The number of halogens is 1. The molecule has 4 aromatic rings. The number of hydrogen-bond acceptors (Lipinski definition) is 5. The fraction of sp³-hybridized carbons (Fsp3) is 0.269. The summed E-state index contributed by atoms with van der Waals surface area (Å²) in [6, 6.07) is 27.7. The molecule has 1 saturated heterocycles. The second kappa shape index (κ2) is 9.92. The van der Waals surface area contributed by atoms with Gasteiger partial charge in [0.15, 0.2) is 5.82 Å². The third-order valence-electron chi connectivity index (χ3n) is 6.25. The lowest BCUT2D eigenvalue weighted by Gasteiger charge is -2.40. The average molecular weight is 443 g/mol. The van der Waals surface area contributed by atoms with E-state index in [0.717, 1.165) is 44.0 Å². The molecular weight excluding hydrogens is 415 g/mol. The number of para-hydroxylation sites is 1. The molecule has 3 aromatic carbocycles. The molecule has 0 amide bonds. The lowest BCUT2D eigenvalue weighted by molar-refractivity contribution is 0.200. The molecule has 0 N–H and O–H groups in total. The molecule has 0 radical (unpaired) electrons. The fourth-order valence-corrected chi connectivity index (χ4v) is 4.53. The van der Waals surface area contributed by atoms with Gasteiger partial charge in [-0.1, -0.05) is 72.8 Å². The minimum absolute atomic E-state index is 0.0558. The second-order valence-corrected chi connectivity index (χ2v) is 8.28. The molecule has 1 aromatic heterocycles. The van der Waals surface area contributed by atoms with Gasteiger partial charge in [-0.15, -0.1) is 5.10 Å². The van der Waals surface area contributed by atoms with Gasteiger partial charge in [-0.05, 0) is 40.1 Å². The summed E-state index contributed by atoms with van der Waals surface area (Å²) in [4.78, 5) is 4.52. The number of rotatable bonds is 7. The Balaban J connectivity index is 1.37. The highest BCUT2D eigenvalue weighted by Crippen LogP contribution is 2.29. The molecule has 33 heavy (non-hydrogen) atoms. The smallest absolute Gasteiger partial charge is 0.173 e. The van der Waals surface area contributed by atoms with Gasteiger partial charge in [-0.2, -0.15) is 0 Å². The largest absolute Gasteiger partial charge is 0.367 e. The molecule has 7 heteroatoms. The lowest BCUT2D eigenvalue weighted by atomic mass is 10.0. The molecular formula is C26H27FN6.